The molecule has 1 atom stereocenters. The average Bonchev–Trinajstić information content (AvgIpc) is 2.97. The number of aromatic amines is 1. The number of imidazole rings is 1. The van der Waals surface area contributed by atoms with Gasteiger partial charge < -0.3 is 14.6 Å². The molecule has 0 bridgehead atoms. The number of amides is 1. The van der Waals surface area contributed by atoms with Gasteiger partial charge in [0.2, 0.25) is 0 Å². The van der Waals surface area contributed by atoms with Gasteiger partial charge in [0.25, 0.3) is 5.91 Å². The molecule has 2 heterocycles. The molecule has 0 saturated carbocycles. The van der Waals surface area contributed by atoms with Crippen molar-refractivity contribution in [2.75, 3.05) is 13.2 Å². The highest BCUT2D eigenvalue weighted by molar-refractivity contribution is 5.92. The Morgan fingerprint density at radius 3 is 2.82 bits per heavy atom. The Balaban J connectivity index is 2.00. The highest BCUT2D eigenvalue weighted by atomic mass is 16.5. The average molecular weight is 307 g/mol. The number of hydrogen-bond acceptors (Lipinski definition) is 3. The number of hydrogen-bond donors (Lipinski definition) is 1. The van der Waals surface area contributed by atoms with Crippen LogP contribution in [0.5, 0.6) is 0 Å². The van der Waals surface area contributed by atoms with Crippen LogP contribution in [0.3, 0.4) is 0 Å². The van der Waals surface area contributed by atoms with Gasteiger partial charge in [-0.05, 0) is 39.5 Å². The number of ether oxygens (including phenoxy) is 1. The molecule has 5 heteroatoms. The number of nitrogens with zero attached hydrogens (tertiary/aromatic N) is 2. The van der Waals surface area contributed by atoms with E-state index in [1.165, 1.54) is 6.42 Å². The number of aromatic nitrogens is 2. The van der Waals surface area contributed by atoms with Crippen LogP contribution in [0.2, 0.25) is 0 Å². The van der Waals surface area contributed by atoms with Crippen molar-refractivity contribution in [2.45, 2.75) is 71.4 Å². The van der Waals surface area contributed by atoms with Crippen LogP contribution in [-0.2, 0) is 4.74 Å². The zero-order valence-corrected chi connectivity index (χ0v) is 14.3. The molecule has 124 valence electrons. The molecule has 0 aromatic carbocycles. The maximum atomic E-state index is 12.8. The third kappa shape index (κ3) is 4.32. The van der Waals surface area contributed by atoms with Crippen molar-refractivity contribution in [1.82, 2.24) is 14.9 Å². The van der Waals surface area contributed by atoms with Gasteiger partial charge in [0.05, 0.1) is 12.3 Å². The summed E-state index contributed by atoms with van der Waals surface area (Å²) in [5.74, 6) is 1.26. The van der Waals surface area contributed by atoms with Gasteiger partial charge in [-0.15, -0.1) is 0 Å². The van der Waals surface area contributed by atoms with Crippen LogP contribution in [0.1, 0.15) is 75.6 Å². The molecule has 0 aliphatic carbocycles. The molecule has 2 rings (SSSR count). The normalized spacial score (nSPS) is 19.2. The van der Waals surface area contributed by atoms with E-state index in [0.29, 0.717) is 18.2 Å². The van der Waals surface area contributed by atoms with Crippen LogP contribution < -0.4 is 0 Å². The highest BCUT2D eigenvalue weighted by Gasteiger charge is 2.28. The number of carbonyl (C=O) groups excluding carboxylic acids is 1. The molecular weight excluding hydrogens is 278 g/mol. The highest BCUT2D eigenvalue weighted by Crippen LogP contribution is 2.22. The lowest BCUT2D eigenvalue weighted by molar-refractivity contribution is 0.0395. The molecule has 1 N–H and O–H groups in total. The first-order chi connectivity index (χ1) is 10.5. The van der Waals surface area contributed by atoms with Crippen molar-refractivity contribution in [3.05, 3.63) is 17.7 Å². The minimum absolute atomic E-state index is 0.0775. The predicted molar refractivity (Wildman–Crippen MR) is 87.1 cm³/mol. The number of likely N-dealkylation sites (tertiary alicyclic amines) is 1. The first-order valence-corrected chi connectivity index (χ1v) is 8.46. The molecular formula is C17H29N3O2. The predicted octanol–water partition coefficient (Wildman–Crippen LogP) is 3.34. The van der Waals surface area contributed by atoms with E-state index in [2.05, 4.69) is 23.8 Å². The summed E-state index contributed by atoms with van der Waals surface area (Å²) in [5.41, 5.74) is 0.611. The van der Waals surface area contributed by atoms with Crippen LogP contribution >= 0.6 is 0 Å². The largest absolute Gasteiger partial charge is 0.379 e. The second-order valence-corrected chi connectivity index (χ2v) is 6.69. The SMILES string of the molecule is CC(C)OCC[C@H]1CCCCN1C(=O)c1cnc(C(C)C)[nH]1. The van der Waals surface area contributed by atoms with Gasteiger partial charge in [-0.2, -0.15) is 0 Å². The third-order valence-corrected chi connectivity index (χ3v) is 4.16. The van der Waals surface area contributed by atoms with Crippen LogP contribution in [0, 0.1) is 0 Å². The fourth-order valence-corrected chi connectivity index (χ4v) is 2.90. The molecule has 1 fully saturated rings. The Bertz CT molecular complexity index is 482. The summed E-state index contributed by atoms with van der Waals surface area (Å²) in [4.78, 5) is 22.2. The Kier molecular flexibility index (Phi) is 6.00. The van der Waals surface area contributed by atoms with Crippen molar-refractivity contribution in [2.24, 2.45) is 0 Å². The molecule has 1 aliphatic rings. The van der Waals surface area contributed by atoms with Gasteiger partial charge in [0.1, 0.15) is 11.5 Å². The zero-order valence-electron chi connectivity index (χ0n) is 14.3. The summed E-state index contributed by atoms with van der Waals surface area (Å²) < 4.78 is 5.66. The third-order valence-electron chi connectivity index (χ3n) is 4.16. The van der Waals surface area contributed by atoms with Gasteiger partial charge in [-0.1, -0.05) is 13.8 Å². The number of nitrogens with one attached hydrogen (secondary N) is 1. The van der Waals surface area contributed by atoms with E-state index >= 15 is 0 Å². The standard InChI is InChI=1S/C17H29N3O2/c1-12(2)16-18-11-15(19-16)17(21)20-9-6-5-7-14(20)8-10-22-13(3)4/h11-14H,5-10H2,1-4H3,(H,18,19)/t14-/m1/s1. The minimum atomic E-state index is 0.0775. The van der Waals surface area contributed by atoms with Crippen LogP contribution in [0.4, 0.5) is 0 Å². The van der Waals surface area contributed by atoms with Crippen LogP contribution in [-0.4, -0.2) is 46.1 Å². The molecule has 1 aromatic rings. The fourth-order valence-electron chi connectivity index (χ4n) is 2.90. The number of rotatable bonds is 6. The van der Waals surface area contributed by atoms with Crippen molar-refractivity contribution in [3.63, 3.8) is 0 Å². The summed E-state index contributed by atoms with van der Waals surface area (Å²) in [6, 6.07) is 0.283. The molecule has 0 radical (unpaired) electrons. The van der Waals surface area contributed by atoms with Gasteiger partial charge in [-0.25, -0.2) is 4.98 Å². The first kappa shape index (κ1) is 17.0. The zero-order chi connectivity index (χ0) is 16.1. The van der Waals surface area contributed by atoms with E-state index in [0.717, 1.165) is 31.6 Å². The van der Waals surface area contributed by atoms with Crippen molar-refractivity contribution in [3.8, 4) is 0 Å². The maximum Gasteiger partial charge on any atom is 0.272 e. The van der Waals surface area contributed by atoms with Gasteiger partial charge in [0, 0.05) is 25.1 Å². The van der Waals surface area contributed by atoms with Crippen molar-refractivity contribution in [1.29, 1.82) is 0 Å². The van der Waals surface area contributed by atoms with E-state index in [1.54, 1.807) is 6.20 Å². The molecule has 1 saturated heterocycles. The molecule has 1 amide bonds. The summed E-state index contributed by atoms with van der Waals surface area (Å²) >= 11 is 0. The second kappa shape index (κ2) is 7.77. The van der Waals surface area contributed by atoms with Crippen LogP contribution in [0.25, 0.3) is 0 Å². The monoisotopic (exact) mass is 307 g/mol. The van der Waals surface area contributed by atoms with Crippen molar-refractivity contribution >= 4 is 5.91 Å². The molecule has 1 aliphatic heterocycles. The topological polar surface area (TPSA) is 58.2 Å². The van der Waals surface area contributed by atoms with Gasteiger partial charge >= 0.3 is 0 Å². The Morgan fingerprint density at radius 1 is 1.41 bits per heavy atom. The lowest BCUT2D eigenvalue weighted by Gasteiger charge is -2.35. The lowest BCUT2D eigenvalue weighted by atomic mass is 9.99. The van der Waals surface area contributed by atoms with Crippen molar-refractivity contribution < 1.29 is 9.53 Å². The number of carbonyl (C=O) groups is 1. The molecule has 5 nitrogen and oxygen atoms in total. The smallest absolute Gasteiger partial charge is 0.272 e. The maximum absolute atomic E-state index is 12.8. The van der Waals surface area contributed by atoms with Gasteiger partial charge in [0.15, 0.2) is 0 Å². The van der Waals surface area contributed by atoms with E-state index in [-0.39, 0.29) is 18.1 Å². The van der Waals surface area contributed by atoms with E-state index in [9.17, 15) is 4.79 Å². The molecule has 0 spiro atoms. The van der Waals surface area contributed by atoms with E-state index in [1.807, 2.05) is 18.7 Å². The first-order valence-electron chi connectivity index (χ1n) is 8.46. The molecule has 0 unspecified atom stereocenters. The Labute approximate surface area is 133 Å². The quantitative estimate of drug-likeness (QED) is 0.877. The molecule has 1 aromatic heterocycles. The minimum Gasteiger partial charge on any atom is -0.379 e. The number of H-pyrrole nitrogens is 1. The summed E-state index contributed by atoms with van der Waals surface area (Å²) in [6.45, 7) is 9.78. The lowest BCUT2D eigenvalue weighted by Crippen LogP contribution is -2.44. The summed E-state index contributed by atoms with van der Waals surface area (Å²) in [7, 11) is 0. The Hall–Kier alpha value is -1.36. The molecule has 22 heavy (non-hydrogen) atoms. The summed E-state index contributed by atoms with van der Waals surface area (Å²) in [6.07, 6.45) is 6.17. The second-order valence-electron chi connectivity index (χ2n) is 6.69. The number of piperidine rings is 1. The van der Waals surface area contributed by atoms with Crippen LogP contribution in [0.15, 0.2) is 6.20 Å². The van der Waals surface area contributed by atoms with E-state index < -0.39 is 0 Å². The fraction of sp³-hybridized carbons (Fsp3) is 0.765. The van der Waals surface area contributed by atoms with Gasteiger partial charge in [-0.3, -0.25) is 4.79 Å². The van der Waals surface area contributed by atoms with E-state index in [4.69, 9.17) is 4.74 Å². The Morgan fingerprint density at radius 2 is 2.18 bits per heavy atom. The summed E-state index contributed by atoms with van der Waals surface area (Å²) in [5, 5.41) is 0.